The maximum absolute atomic E-state index is 6.35. The Morgan fingerprint density at radius 3 is 2.89 bits per heavy atom. The number of aromatic nitrogens is 2. The zero-order chi connectivity index (χ0) is 13.6. The molecule has 0 spiro atoms. The van der Waals surface area contributed by atoms with E-state index in [1.807, 2.05) is 6.26 Å². The monoisotopic (exact) mass is 314 g/mol. The van der Waals surface area contributed by atoms with Gasteiger partial charge in [0.1, 0.15) is 9.98 Å². The molecule has 0 amide bonds. The lowest BCUT2D eigenvalue weighted by Crippen LogP contribution is -2.26. The molecule has 2 aromatic rings. The Bertz CT molecular complexity index is 627. The second-order valence-electron chi connectivity index (χ2n) is 4.98. The van der Waals surface area contributed by atoms with E-state index in [-0.39, 0.29) is 6.10 Å². The van der Waals surface area contributed by atoms with Crippen molar-refractivity contribution in [3.05, 3.63) is 15.6 Å². The normalized spacial score (nSPS) is 19.1. The summed E-state index contributed by atoms with van der Waals surface area (Å²) >= 11 is 9.55. The van der Waals surface area contributed by atoms with Crippen molar-refractivity contribution in [3.63, 3.8) is 0 Å². The van der Waals surface area contributed by atoms with Crippen molar-refractivity contribution in [2.45, 2.75) is 38.1 Å². The molecule has 3 nitrogen and oxygen atoms in total. The van der Waals surface area contributed by atoms with Gasteiger partial charge in [-0.2, -0.15) is 0 Å². The smallest absolute Gasteiger partial charge is 0.190 e. The van der Waals surface area contributed by atoms with Crippen LogP contribution >= 0.6 is 34.7 Å². The van der Waals surface area contributed by atoms with Gasteiger partial charge in [-0.25, -0.2) is 9.97 Å². The van der Waals surface area contributed by atoms with E-state index >= 15 is 0 Å². The van der Waals surface area contributed by atoms with E-state index in [1.165, 1.54) is 22.2 Å². The van der Waals surface area contributed by atoms with Crippen LogP contribution in [0.2, 0.25) is 5.15 Å². The van der Waals surface area contributed by atoms with Crippen LogP contribution in [0.25, 0.3) is 10.2 Å². The molecule has 0 aromatic carbocycles. The third-order valence-electron chi connectivity index (χ3n) is 3.43. The van der Waals surface area contributed by atoms with Crippen LogP contribution in [0.5, 0.6) is 0 Å². The van der Waals surface area contributed by atoms with E-state index in [1.54, 1.807) is 11.3 Å². The number of fused-ring (bicyclic) bond motifs is 3. The zero-order valence-electron chi connectivity index (χ0n) is 11.1. The molecule has 6 heteroatoms. The van der Waals surface area contributed by atoms with Crippen LogP contribution in [-0.4, -0.2) is 22.3 Å². The molecule has 0 radical (unpaired) electrons. The van der Waals surface area contributed by atoms with Gasteiger partial charge in [0.2, 0.25) is 0 Å². The molecule has 0 N–H and O–H groups in total. The van der Waals surface area contributed by atoms with Gasteiger partial charge < -0.3 is 4.74 Å². The van der Waals surface area contributed by atoms with Crippen molar-refractivity contribution in [1.29, 1.82) is 0 Å². The molecule has 0 aliphatic carbocycles. The standard InChI is InChI=1S/C13H15ClN2OS2/c1-6(2)8-4-7-9(5-17-8)19-12-10(7)11(14)15-13(16-12)18-3/h6,8H,4-5H2,1-3H3/t8-/m0/s1. The minimum Gasteiger partial charge on any atom is -0.372 e. The number of thiophene rings is 1. The quantitative estimate of drug-likeness (QED) is 0.473. The largest absolute Gasteiger partial charge is 0.372 e. The molecule has 3 rings (SSSR count). The Labute approximate surface area is 125 Å². The summed E-state index contributed by atoms with van der Waals surface area (Å²) in [5.41, 5.74) is 1.29. The molecule has 19 heavy (non-hydrogen) atoms. The predicted molar refractivity (Wildman–Crippen MR) is 81.3 cm³/mol. The van der Waals surface area contributed by atoms with Gasteiger partial charge in [0.05, 0.1) is 18.1 Å². The molecule has 1 atom stereocenters. The first-order chi connectivity index (χ1) is 9.10. The summed E-state index contributed by atoms with van der Waals surface area (Å²) < 4.78 is 5.91. The lowest BCUT2D eigenvalue weighted by Gasteiger charge is -2.26. The van der Waals surface area contributed by atoms with E-state index in [0.717, 1.165) is 21.8 Å². The second-order valence-corrected chi connectivity index (χ2v) is 7.20. The third kappa shape index (κ3) is 2.37. The van der Waals surface area contributed by atoms with E-state index in [2.05, 4.69) is 23.8 Å². The molecule has 0 unspecified atom stereocenters. The summed E-state index contributed by atoms with van der Waals surface area (Å²) in [6.07, 6.45) is 3.14. The molecule has 0 bridgehead atoms. The maximum Gasteiger partial charge on any atom is 0.190 e. The number of thioether (sulfide) groups is 1. The van der Waals surface area contributed by atoms with Gasteiger partial charge in [-0.05, 0) is 17.7 Å². The average molecular weight is 315 g/mol. The molecular formula is C13H15ClN2OS2. The number of ether oxygens (including phenoxy) is 1. The summed E-state index contributed by atoms with van der Waals surface area (Å²) in [7, 11) is 0. The fourth-order valence-corrected chi connectivity index (χ4v) is 4.27. The summed E-state index contributed by atoms with van der Waals surface area (Å²) in [6.45, 7) is 5.05. The summed E-state index contributed by atoms with van der Waals surface area (Å²) in [5, 5.41) is 2.35. The minimum atomic E-state index is 0.265. The molecule has 0 fully saturated rings. The van der Waals surface area contributed by atoms with Crippen LogP contribution in [0.3, 0.4) is 0 Å². The van der Waals surface area contributed by atoms with Gasteiger partial charge >= 0.3 is 0 Å². The van der Waals surface area contributed by atoms with Gasteiger partial charge in [-0.15, -0.1) is 11.3 Å². The maximum atomic E-state index is 6.35. The summed E-state index contributed by atoms with van der Waals surface area (Å²) in [6, 6.07) is 0. The molecule has 0 saturated heterocycles. The number of hydrogen-bond acceptors (Lipinski definition) is 5. The van der Waals surface area contributed by atoms with Crippen molar-refractivity contribution in [1.82, 2.24) is 9.97 Å². The minimum absolute atomic E-state index is 0.265. The SMILES string of the molecule is CSc1nc(Cl)c2c3c(sc2n1)CO[C@H](C(C)C)C3. The molecule has 102 valence electrons. The molecule has 0 saturated carbocycles. The highest BCUT2D eigenvalue weighted by molar-refractivity contribution is 7.98. The van der Waals surface area contributed by atoms with Gasteiger partial charge in [-0.1, -0.05) is 37.2 Å². The Morgan fingerprint density at radius 2 is 2.21 bits per heavy atom. The van der Waals surface area contributed by atoms with Gasteiger partial charge in [0, 0.05) is 11.3 Å². The first-order valence-electron chi connectivity index (χ1n) is 6.23. The Morgan fingerprint density at radius 1 is 1.42 bits per heavy atom. The van der Waals surface area contributed by atoms with Crippen LogP contribution in [0.4, 0.5) is 0 Å². The summed E-state index contributed by atoms with van der Waals surface area (Å²) in [5.74, 6) is 0.508. The van der Waals surface area contributed by atoms with E-state index in [0.29, 0.717) is 17.7 Å². The van der Waals surface area contributed by atoms with Crippen LogP contribution < -0.4 is 0 Å². The van der Waals surface area contributed by atoms with Crippen molar-refractivity contribution < 1.29 is 4.74 Å². The van der Waals surface area contributed by atoms with Crippen LogP contribution in [0.1, 0.15) is 24.3 Å². The molecule has 1 aliphatic heterocycles. The summed E-state index contributed by atoms with van der Waals surface area (Å²) in [4.78, 5) is 11.2. The van der Waals surface area contributed by atoms with E-state index in [4.69, 9.17) is 16.3 Å². The fraction of sp³-hybridized carbons (Fsp3) is 0.538. The van der Waals surface area contributed by atoms with E-state index < -0.39 is 0 Å². The van der Waals surface area contributed by atoms with Crippen LogP contribution in [0.15, 0.2) is 5.16 Å². The molecule has 3 heterocycles. The van der Waals surface area contributed by atoms with Crippen molar-refractivity contribution >= 4 is 44.9 Å². The van der Waals surface area contributed by atoms with Crippen molar-refractivity contribution in [3.8, 4) is 0 Å². The van der Waals surface area contributed by atoms with E-state index in [9.17, 15) is 0 Å². The van der Waals surface area contributed by atoms with Crippen LogP contribution in [0, 0.1) is 5.92 Å². The number of rotatable bonds is 2. The van der Waals surface area contributed by atoms with Crippen molar-refractivity contribution in [2.75, 3.05) is 6.26 Å². The predicted octanol–water partition coefficient (Wildman–Crippen LogP) is 4.16. The number of nitrogens with zero attached hydrogens (tertiary/aromatic N) is 2. The molecule has 2 aromatic heterocycles. The topological polar surface area (TPSA) is 35.0 Å². The highest BCUT2D eigenvalue weighted by Gasteiger charge is 2.27. The lowest BCUT2D eigenvalue weighted by molar-refractivity contribution is 0.00202. The number of halogens is 1. The fourth-order valence-electron chi connectivity index (χ4n) is 2.34. The Hall–Kier alpha value is -0.360. The van der Waals surface area contributed by atoms with Crippen LogP contribution in [-0.2, 0) is 17.8 Å². The molecule has 1 aliphatic rings. The van der Waals surface area contributed by atoms with Gasteiger partial charge in [-0.3, -0.25) is 0 Å². The number of hydrogen-bond donors (Lipinski definition) is 0. The molecular weight excluding hydrogens is 300 g/mol. The Balaban J connectivity index is 2.13. The second kappa shape index (κ2) is 5.20. The Kier molecular flexibility index (Phi) is 3.73. The van der Waals surface area contributed by atoms with Gasteiger partial charge in [0.15, 0.2) is 5.16 Å². The average Bonchev–Trinajstić information content (AvgIpc) is 2.75. The third-order valence-corrected chi connectivity index (χ3v) is 5.35. The first-order valence-corrected chi connectivity index (χ1v) is 8.65. The van der Waals surface area contributed by atoms with Gasteiger partial charge in [0.25, 0.3) is 0 Å². The zero-order valence-corrected chi connectivity index (χ0v) is 13.5. The highest BCUT2D eigenvalue weighted by Crippen LogP contribution is 2.39. The highest BCUT2D eigenvalue weighted by atomic mass is 35.5. The lowest BCUT2D eigenvalue weighted by atomic mass is 9.96. The van der Waals surface area contributed by atoms with Crippen molar-refractivity contribution in [2.24, 2.45) is 5.92 Å². The first kappa shape index (κ1) is 13.6.